The summed E-state index contributed by atoms with van der Waals surface area (Å²) in [5.41, 5.74) is 3.62. The summed E-state index contributed by atoms with van der Waals surface area (Å²) in [7, 11) is 0. The first-order chi connectivity index (χ1) is 9.15. The van der Waals surface area contributed by atoms with Crippen molar-refractivity contribution in [3.8, 4) is 11.4 Å². The van der Waals surface area contributed by atoms with Crippen molar-refractivity contribution in [1.82, 2.24) is 14.8 Å². The molecule has 1 aliphatic rings. The average Bonchev–Trinajstić information content (AvgIpc) is 2.96. The van der Waals surface area contributed by atoms with E-state index in [1.54, 1.807) is 0 Å². The smallest absolute Gasteiger partial charge is 0.195 e. The number of nitrogens with one attached hydrogen (secondary N) is 1. The number of ether oxygens (including phenoxy) is 1. The van der Waals surface area contributed by atoms with E-state index in [0.29, 0.717) is 23.9 Å². The van der Waals surface area contributed by atoms with E-state index in [0.717, 1.165) is 17.9 Å². The van der Waals surface area contributed by atoms with Gasteiger partial charge in [0.05, 0.1) is 13.2 Å². The highest BCUT2D eigenvalue weighted by molar-refractivity contribution is 7.71. The average molecular weight is 275 g/mol. The molecule has 0 bridgehead atoms. The largest absolute Gasteiger partial charge is 0.372 e. The molecular weight excluding hydrogens is 258 g/mol. The van der Waals surface area contributed by atoms with Crippen LogP contribution in [0.3, 0.4) is 0 Å². The first kappa shape index (κ1) is 12.6. The zero-order valence-corrected chi connectivity index (χ0v) is 12.0. The number of rotatable bonds is 3. The van der Waals surface area contributed by atoms with E-state index in [1.165, 1.54) is 11.1 Å². The van der Waals surface area contributed by atoms with Gasteiger partial charge in [0.1, 0.15) is 0 Å². The highest BCUT2D eigenvalue weighted by Gasteiger charge is 2.15. The normalized spacial score (nSPS) is 14.1. The molecule has 5 heteroatoms. The number of fused-ring (bicyclic) bond motifs is 1. The molecule has 0 radical (unpaired) electrons. The molecule has 1 aromatic heterocycles. The second-order valence-corrected chi connectivity index (χ2v) is 5.72. The van der Waals surface area contributed by atoms with Crippen molar-refractivity contribution in [2.24, 2.45) is 5.92 Å². The van der Waals surface area contributed by atoms with Crippen LogP contribution in [0.5, 0.6) is 0 Å². The van der Waals surface area contributed by atoms with Crippen molar-refractivity contribution in [2.45, 2.75) is 33.6 Å². The molecule has 0 fully saturated rings. The molecule has 0 aliphatic carbocycles. The lowest BCUT2D eigenvalue weighted by Gasteiger charge is -2.10. The van der Waals surface area contributed by atoms with E-state index in [4.69, 9.17) is 17.0 Å². The number of nitrogens with zero attached hydrogens (tertiary/aromatic N) is 2. The zero-order chi connectivity index (χ0) is 13.4. The molecule has 2 heterocycles. The molecule has 19 heavy (non-hydrogen) atoms. The van der Waals surface area contributed by atoms with Crippen molar-refractivity contribution in [2.75, 3.05) is 0 Å². The number of hydrogen-bond donors (Lipinski definition) is 1. The van der Waals surface area contributed by atoms with Crippen LogP contribution in [0.15, 0.2) is 18.2 Å². The van der Waals surface area contributed by atoms with E-state index in [9.17, 15) is 0 Å². The second kappa shape index (κ2) is 4.90. The van der Waals surface area contributed by atoms with Crippen LogP contribution in [0.1, 0.15) is 25.0 Å². The van der Waals surface area contributed by atoms with Gasteiger partial charge in [-0.05, 0) is 35.3 Å². The zero-order valence-electron chi connectivity index (χ0n) is 11.1. The minimum atomic E-state index is 0.529. The molecular formula is C14H17N3OS. The maximum absolute atomic E-state index is 5.45. The quantitative estimate of drug-likeness (QED) is 0.874. The molecule has 0 spiro atoms. The number of aromatic nitrogens is 3. The van der Waals surface area contributed by atoms with Crippen LogP contribution < -0.4 is 0 Å². The maximum Gasteiger partial charge on any atom is 0.195 e. The lowest BCUT2D eigenvalue weighted by atomic mass is 10.1. The minimum absolute atomic E-state index is 0.529. The summed E-state index contributed by atoms with van der Waals surface area (Å²) < 4.78 is 8.20. The topological polar surface area (TPSA) is 42.8 Å². The Labute approximate surface area is 117 Å². The SMILES string of the molecule is CC(C)Cn1c(-c2ccc3c(c2)COC3)n[nH]c1=S. The van der Waals surface area contributed by atoms with Gasteiger partial charge in [0.2, 0.25) is 0 Å². The molecule has 1 aromatic carbocycles. The molecule has 100 valence electrons. The molecule has 2 aromatic rings. The third-order valence-electron chi connectivity index (χ3n) is 3.29. The molecule has 0 amide bonds. The summed E-state index contributed by atoms with van der Waals surface area (Å²) in [6.07, 6.45) is 0. The minimum Gasteiger partial charge on any atom is -0.372 e. The van der Waals surface area contributed by atoms with Crippen LogP contribution in [-0.2, 0) is 24.5 Å². The maximum atomic E-state index is 5.45. The first-order valence-electron chi connectivity index (χ1n) is 6.50. The Kier molecular flexibility index (Phi) is 3.24. The summed E-state index contributed by atoms with van der Waals surface area (Å²) in [6.45, 7) is 6.63. The van der Waals surface area contributed by atoms with Crippen molar-refractivity contribution < 1.29 is 4.74 Å². The van der Waals surface area contributed by atoms with Gasteiger partial charge in [0.15, 0.2) is 10.6 Å². The molecule has 0 unspecified atom stereocenters. The Morgan fingerprint density at radius 2 is 2.16 bits per heavy atom. The molecule has 4 nitrogen and oxygen atoms in total. The van der Waals surface area contributed by atoms with Crippen LogP contribution >= 0.6 is 12.2 Å². The van der Waals surface area contributed by atoms with Crippen molar-refractivity contribution >= 4 is 12.2 Å². The third-order valence-corrected chi connectivity index (χ3v) is 3.60. The monoisotopic (exact) mass is 275 g/mol. The third kappa shape index (κ3) is 2.35. The molecule has 0 atom stereocenters. The highest BCUT2D eigenvalue weighted by Crippen LogP contribution is 2.26. The van der Waals surface area contributed by atoms with Crippen molar-refractivity contribution in [1.29, 1.82) is 0 Å². The second-order valence-electron chi connectivity index (χ2n) is 5.33. The first-order valence-corrected chi connectivity index (χ1v) is 6.91. The van der Waals surface area contributed by atoms with Gasteiger partial charge in [-0.3, -0.25) is 9.67 Å². The summed E-state index contributed by atoms with van der Waals surface area (Å²) >= 11 is 5.31. The van der Waals surface area contributed by atoms with E-state index in [-0.39, 0.29) is 0 Å². The van der Waals surface area contributed by atoms with Crippen molar-refractivity contribution in [3.05, 3.63) is 34.1 Å². The van der Waals surface area contributed by atoms with Crippen LogP contribution in [0.2, 0.25) is 0 Å². The molecule has 0 saturated heterocycles. The number of H-pyrrole nitrogens is 1. The summed E-state index contributed by atoms with van der Waals surface area (Å²) in [5, 5.41) is 7.26. The van der Waals surface area contributed by atoms with Gasteiger partial charge in [-0.1, -0.05) is 26.0 Å². The van der Waals surface area contributed by atoms with Gasteiger partial charge in [-0.2, -0.15) is 5.10 Å². The number of aromatic amines is 1. The lowest BCUT2D eigenvalue weighted by Crippen LogP contribution is -2.06. The van der Waals surface area contributed by atoms with Gasteiger partial charge < -0.3 is 4.74 Å². The van der Waals surface area contributed by atoms with Gasteiger partial charge in [0, 0.05) is 12.1 Å². The summed E-state index contributed by atoms with van der Waals surface area (Å²) in [5.74, 6) is 1.44. The fourth-order valence-corrected chi connectivity index (χ4v) is 2.59. The molecule has 1 aliphatic heterocycles. The predicted octanol–water partition coefficient (Wildman–Crippen LogP) is 3.29. The number of benzene rings is 1. The standard InChI is InChI=1S/C14H17N3OS/c1-9(2)6-17-13(15-16-14(17)19)10-3-4-11-7-18-8-12(11)5-10/h3-5,9H,6-8H2,1-2H3,(H,16,19). The van der Waals surface area contributed by atoms with E-state index in [1.807, 2.05) is 0 Å². The van der Waals surface area contributed by atoms with Crippen LogP contribution in [0.4, 0.5) is 0 Å². The highest BCUT2D eigenvalue weighted by atomic mass is 32.1. The molecule has 0 saturated carbocycles. The van der Waals surface area contributed by atoms with E-state index >= 15 is 0 Å². The van der Waals surface area contributed by atoms with Crippen LogP contribution in [-0.4, -0.2) is 14.8 Å². The van der Waals surface area contributed by atoms with Gasteiger partial charge in [0.25, 0.3) is 0 Å². The molecule has 3 rings (SSSR count). The molecule has 1 N–H and O–H groups in total. The Morgan fingerprint density at radius 1 is 1.37 bits per heavy atom. The number of hydrogen-bond acceptors (Lipinski definition) is 3. The fourth-order valence-electron chi connectivity index (χ4n) is 2.38. The van der Waals surface area contributed by atoms with E-state index in [2.05, 4.69) is 46.8 Å². The Morgan fingerprint density at radius 3 is 2.95 bits per heavy atom. The summed E-state index contributed by atoms with van der Waals surface area (Å²) in [4.78, 5) is 0. The van der Waals surface area contributed by atoms with E-state index < -0.39 is 0 Å². The van der Waals surface area contributed by atoms with Crippen molar-refractivity contribution in [3.63, 3.8) is 0 Å². The van der Waals surface area contributed by atoms with Gasteiger partial charge >= 0.3 is 0 Å². The fraction of sp³-hybridized carbons (Fsp3) is 0.429. The summed E-state index contributed by atoms with van der Waals surface area (Å²) in [6, 6.07) is 6.37. The Hall–Kier alpha value is -1.46. The Balaban J connectivity index is 2.05. The van der Waals surface area contributed by atoms with Crippen LogP contribution in [0, 0.1) is 10.7 Å². The van der Waals surface area contributed by atoms with Crippen LogP contribution in [0.25, 0.3) is 11.4 Å². The van der Waals surface area contributed by atoms with Gasteiger partial charge in [-0.15, -0.1) is 0 Å². The predicted molar refractivity (Wildman–Crippen MR) is 76.2 cm³/mol. The lowest BCUT2D eigenvalue weighted by molar-refractivity contribution is 0.134. The van der Waals surface area contributed by atoms with Gasteiger partial charge in [-0.25, -0.2) is 0 Å². The Bertz CT molecular complexity index is 657.